The third-order valence-corrected chi connectivity index (χ3v) is 4.07. The number of rotatable bonds is 5. The number of aromatic nitrogens is 2. The van der Waals surface area contributed by atoms with Gasteiger partial charge in [0.2, 0.25) is 6.79 Å². The molecule has 2 aromatic carbocycles. The van der Waals surface area contributed by atoms with E-state index in [1.54, 1.807) is 36.4 Å². The van der Waals surface area contributed by atoms with Crippen molar-refractivity contribution < 1.29 is 19.1 Å². The van der Waals surface area contributed by atoms with Gasteiger partial charge in [-0.05, 0) is 29.8 Å². The van der Waals surface area contributed by atoms with Crippen molar-refractivity contribution in [3.05, 3.63) is 77.7 Å². The quantitative estimate of drug-likeness (QED) is 0.709. The van der Waals surface area contributed by atoms with Gasteiger partial charge in [-0.1, -0.05) is 24.3 Å². The van der Waals surface area contributed by atoms with E-state index < -0.39 is 5.91 Å². The number of anilines is 1. The third kappa shape index (κ3) is 3.75. The molecule has 0 radical (unpaired) electrons. The monoisotopic (exact) mass is 376 g/mol. The van der Waals surface area contributed by atoms with E-state index in [1.807, 2.05) is 12.1 Å². The smallest absolute Gasteiger partial charge is 0.274 e. The van der Waals surface area contributed by atoms with Crippen LogP contribution in [-0.4, -0.2) is 28.6 Å². The summed E-state index contributed by atoms with van der Waals surface area (Å²) in [4.78, 5) is 33.0. The molecule has 0 bridgehead atoms. The molecule has 0 fully saturated rings. The summed E-state index contributed by atoms with van der Waals surface area (Å²) in [5.74, 6) is 0.594. The van der Waals surface area contributed by atoms with Gasteiger partial charge in [-0.2, -0.15) is 0 Å². The first-order chi connectivity index (χ1) is 13.7. The minimum atomic E-state index is -0.450. The zero-order chi connectivity index (χ0) is 19.3. The van der Waals surface area contributed by atoms with Crippen LogP contribution < -0.4 is 20.1 Å². The maximum Gasteiger partial charge on any atom is 0.274 e. The minimum Gasteiger partial charge on any atom is -0.454 e. The predicted octanol–water partition coefficient (Wildman–Crippen LogP) is 2.39. The number of ether oxygens (including phenoxy) is 2. The maximum absolute atomic E-state index is 12.6. The van der Waals surface area contributed by atoms with Crippen molar-refractivity contribution in [3.8, 4) is 11.5 Å². The highest BCUT2D eigenvalue weighted by Crippen LogP contribution is 2.32. The van der Waals surface area contributed by atoms with Crippen molar-refractivity contribution in [3.63, 3.8) is 0 Å². The van der Waals surface area contributed by atoms with Crippen molar-refractivity contribution in [1.82, 2.24) is 15.3 Å². The number of fused-ring (bicyclic) bond motifs is 1. The van der Waals surface area contributed by atoms with E-state index in [9.17, 15) is 9.59 Å². The number of carbonyl (C=O) groups is 2. The van der Waals surface area contributed by atoms with Crippen molar-refractivity contribution in [2.75, 3.05) is 12.1 Å². The van der Waals surface area contributed by atoms with Gasteiger partial charge in [-0.3, -0.25) is 9.59 Å². The summed E-state index contributed by atoms with van der Waals surface area (Å²) >= 11 is 0. The van der Waals surface area contributed by atoms with Crippen LogP contribution in [-0.2, 0) is 6.54 Å². The van der Waals surface area contributed by atoms with E-state index in [1.165, 1.54) is 12.4 Å². The number of amides is 2. The zero-order valence-corrected chi connectivity index (χ0v) is 14.7. The Labute approximate surface area is 160 Å². The van der Waals surface area contributed by atoms with Crippen LogP contribution >= 0.6 is 0 Å². The fraction of sp³-hybridized carbons (Fsp3) is 0.100. The average Bonchev–Trinajstić information content (AvgIpc) is 3.21. The molecule has 140 valence electrons. The summed E-state index contributed by atoms with van der Waals surface area (Å²) in [6, 6.07) is 14.1. The molecular weight excluding hydrogens is 360 g/mol. The predicted molar refractivity (Wildman–Crippen MR) is 100 cm³/mol. The molecule has 1 aromatic heterocycles. The molecule has 0 unspecified atom stereocenters. The number of carbonyl (C=O) groups excluding carboxylic acids is 2. The van der Waals surface area contributed by atoms with Crippen LogP contribution in [0.25, 0.3) is 0 Å². The molecule has 0 saturated carbocycles. The number of nitrogens with zero attached hydrogens (tertiary/aromatic N) is 2. The number of nitrogens with one attached hydrogen (secondary N) is 2. The van der Waals surface area contributed by atoms with Crippen LogP contribution in [0.2, 0.25) is 0 Å². The largest absolute Gasteiger partial charge is 0.454 e. The van der Waals surface area contributed by atoms with Crippen LogP contribution in [0.15, 0.2) is 60.9 Å². The van der Waals surface area contributed by atoms with Gasteiger partial charge in [0.05, 0.1) is 0 Å². The lowest BCUT2D eigenvalue weighted by Gasteiger charge is -2.10. The van der Waals surface area contributed by atoms with Gasteiger partial charge in [0, 0.05) is 24.5 Å². The molecule has 4 rings (SSSR count). The lowest BCUT2D eigenvalue weighted by molar-refractivity contribution is 0.0946. The first kappa shape index (κ1) is 17.5. The Morgan fingerprint density at radius 3 is 2.57 bits per heavy atom. The number of hydrogen-bond donors (Lipinski definition) is 2. The Kier molecular flexibility index (Phi) is 4.83. The lowest BCUT2D eigenvalue weighted by Crippen LogP contribution is -2.26. The van der Waals surface area contributed by atoms with Gasteiger partial charge in [0.25, 0.3) is 11.8 Å². The minimum absolute atomic E-state index is 0.0347. The fourth-order valence-corrected chi connectivity index (χ4v) is 2.68. The summed E-state index contributed by atoms with van der Waals surface area (Å²) in [6.07, 6.45) is 2.81. The molecule has 8 nitrogen and oxygen atoms in total. The van der Waals surface area contributed by atoms with Crippen molar-refractivity contribution >= 4 is 17.6 Å². The van der Waals surface area contributed by atoms with Crippen LogP contribution in [0.3, 0.4) is 0 Å². The highest BCUT2D eigenvalue weighted by Gasteiger charge is 2.18. The molecule has 8 heteroatoms. The molecule has 3 aromatic rings. The Balaban J connectivity index is 1.45. The maximum atomic E-state index is 12.6. The lowest BCUT2D eigenvalue weighted by atomic mass is 10.2. The summed E-state index contributed by atoms with van der Waals surface area (Å²) in [6.45, 7) is 0.452. The molecule has 28 heavy (non-hydrogen) atoms. The molecule has 0 spiro atoms. The molecule has 2 amide bonds. The van der Waals surface area contributed by atoms with Crippen LogP contribution in [0, 0.1) is 0 Å². The Morgan fingerprint density at radius 1 is 0.929 bits per heavy atom. The SMILES string of the molecule is O=C(Nc1nccnc1C(=O)NCc1ccc2c(c1)OCO2)c1ccccc1. The normalized spacial score (nSPS) is 11.7. The molecule has 1 aliphatic rings. The average molecular weight is 376 g/mol. The second-order valence-electron chi connectivity index (χ2n) is 5.94. The summed E-state index contributed by atoms with van der Waals surface area (Å²) < 4.78 is 10.6. The first-order valence-corrected chi connectivity index (χ1v) is 8.55. The van der Waals surface area contributed by atoms with Crippen molar-refractivity contribution in [2.24, 2.45) is 0 Å². The summed E-state index contributed by atoms with van der Waals surface area (Å²) in [5, 5.41) is 5.40. The van der Waals surface area contributed by atoms with Gasteiger partial charge >= 0.3 is 0 Å². The van der Waals surface area contributed by atoms with E-state index in [-0.39, 0.29) is 30.8 Å². The molecule has 0 aliphatic carbocycles. The van der Waals surface area contributed by atoms with Crippen molar-refractivity contribution in [2.45, 2.75) is 6.54 Å². The summed E-state index contributed by atoms with van der Waals surface area (Å²) in [7, 11) is 0. The van der Waals surface area contributed by atoms with E-state index in [4.69, 9.17) is 9.47 Å². The van der Waals surface area contributed by atoms with Gasteiger partial charge in [0.15, 0.2) is 23.0 Å². The third-order valence-electron chi connectivity index (χ3n) is 4.07. The second-order valence-corrected chi connectivity index (χ2v) is 5.94. The topological polar surface area (TPSA) is 102 Å². The zero-order valence-electron chi connectivity index (χ0n) is 14.7. The fourth-order valence-electron chi connectivity index (χ4n) is 2.68. The Hall–Kier alpha value is -3.94. The molecule has 2 N–H and O–H groups in total. The van der Waals surface area contributed by atoms with Gasteiger partial charge < -0.3 is 20.1 Å². The van der Waals surface area contributed by atoms with Crippen LogP contribution in [0.1, 0.15) is 26.4 Å². The summed E-state index contributed by atoms with van der Waals surface area (Å²) in [5.41, 5.74) is 1.34. The highest BCUT2D eigenvalue weighted by molar-refractivity contribution is 6.07. The van der Waals surface area contributed by atoms with Crippen LogP contribution in [0.4, 0.5) is 5.82 Å². The molecule has 0 saturated heterocycles. The van der Waals surface area contributed by atoms with E-state index >= 15 is 0 Å². The van der Waals surface area contributed by atoms with Crippen LogP contribution in [0.5, 0.6) is 11.5 Å². The van der Waals surface area contributed by atoms with Gasteiger partial charge in [-0.15, -0.1) is 0 Å². The van der Waals surface area contributed by atoms with E-state index in [2.05, 4.69) is 20.6 Å². The van der Waals surface area contributed by atoms with E-state index in [0.717, 1.165) is 5.56 Å². The molecule has 0 atom stereocenters. The van der Waals surface area contributed by atoms with Gasteiger partial charge in [-0.25, -0.2) is 9.97 Å². The standard InChI is InChI=1S/C20H16N4O4/c25-19(14-4-2-1-3-5-14)24-18-17(21-8-9-22-18)20(26)23-11-13-6-7-15-16(10-13)28-12-27-15/h1-10H,11-12H2,(H,23,26)(H,22,24,25). The second kappa shape index (κ2) is 7.75. The highest BCUT2D eigenvalue weighted by atomic mass is 16.7. The Bertz CT molecular complexity index is 1020. The van der Waals surface area contributed by atoms with Gasteiger partial charge in [0.1, 0.15) is 0 Å². The molecule has 1 aliphatic heterocycles. The molecular formula is C20H16N4O4. The van der Waals surface area contributed by atoms with Crippen molar-refractivity contribution in [1.29, 1.82) is 0 Å². The first-order valence-electron chi connectivity index (χ1n) is 8.55. The Morgan fingerprint density at radius 2 is 1.71 bits per heavy atom. The number of hydrogen-bond acceptors (Lipinski definition) is 6. The number of benzene rings is 2. The van der Waals surface area contributed by atoms with E-state index in [0.29, 0.717) is 17.1 Å². The molecule has 2 heterocycles.